The normalized spacial score (nSPS) is 11.4. The van der Waals surface area contributed by atoms with Crippen LogP contribution >= 0.6 is 0 Å². The van der Waals surface area contributed by atoms with Crippen LogP contribution in [0.1, 0.15) is 0 Å². The number of rotatable bonds is 5. The smallest absolute Gasteiger partial charge is 0.160 e. The number of furan rings is 1. The third kappa shape index (κ3) is 4.07. The van der Waals surface area contributed by atoms with Gasteiger partial charge < -0.3 is 14.3 Å². The van der Waals surface area contributed by atoms with Gasteiger partial charge in [0.15, 0.2) is 5.58 Å². The molecule has 0 amide bonds. The summed E-state index contributed by atoms with van der Waals surface area (Å²) in [6.45, 7) is 0. The SMILES string of the molecule is c1ccc(N(c2ccc(-c3ccc4ccccc4c3)cc2)c2ccc(-c3c[nH]c4c3oc3ccccc34)cc2)cc1. The highest BCUT2D eigenvalue weighted by molar-refractivity contribution is 6.08. The second-order valence-electron chi connectivity index (χ2n) is 10.3. The molecule has 2 aromatic heterocycles. The van der Waals surface area contributed by atoms with Crippen molar-refractivity contribution in [2.24, 2.45) is 0 Å². The highest BCUT2D eigenvalue weighted by atomic mass is 16.3. The molecule has 0 spiro atoms. The molecule has 3 nitrogen and oxygen atoms in total. The molecule has 3 heteroatoms. The fraction of sp³-hybridized carbons (Fsp3) is 0. The molecular weight excluding hydrogens is 500 g/mol. The van der Waals surface area contributed by atoms with Crippen LogP contribution in [0, 0.1) is 0 Å². The van der Waals surface area contributed by atoms with Crippen LogP contribution in [-0.4, -0.2) is 4.98 Å². The molecule has 0 aliphatic heterocycles. The summed E-state index contributed by atoms with van der Waals surface area (Å²) >= 11 is 0. The first-order chi connectivity index (χ1) is 20.3. The predicted octanol–water partition coefficient (Wildman–Crippen LogP) is 10.9. The molecule has 0 atom stereocenters. The summed E-state index contributed by atoms with van der Waals surface area (Å²) in [5, 5.41) is 3.61. The second kappa shape index (κ2) is 9.58. The van der Waals surface area contributed by atoms with E-state index in [1.807, 2.05) is 24.4 Å². The van der Waals surface area contributed by atoms with Gasteiger partial charge in [-0.25, -0.2) is 0 Å². The Bertz CT molecular complexity index is 2140. The second-order valence-corrected chi connectivity index (χ2v) is 10.3. The van der Waals surface area contributed by atoms with E-state index in [2.05, 4.69) is 137 Å². The van der Waals surface area contributed by atoms with Gasteiger partial charge >= 0.3 is 0 Å². The van der Waals surface area contributed by atoms with Crippen LogP contribution in [0.5, 0.6) is 0 Å². The minimum atomic E-state index is 0.892. The Morgan fingerprint density at radius 3 is 1.88 bits per heavy atom. The summed E-state index contributed by atoms with van der Waals surface area (Å²) < 4.78 is 6.22. The molecule has 6 aromatic carbocycles. The Morgan fingerprint density at radius 2 is 1.10 bits per heavy atom. The van der Waals surface area contributed by atoms with E-state index in [9.17, 15) is 0 Å². The molecule has 0 saturated heterocycles. The molecule has 8 rings (SSSR count). The highest BCUT2D eigenvalue weighted by Gasteiger charge is 2.16. The first-order valence-electron chi connectivity index (χ1n) is 13.9. The van der Waals surface area contributed by atoms with Gasteiger partial charge in [-0.15, -0.1) is 0 Å². The van der Waals surface area contributed by atoms with Gasteiger partial charge in [0.25, 0.3) is 0 Å². The number of benzene rings is 6. The Balaban J connectivity index is 1.16. The van der Waals surface area contributed by atoms with Crippen LogP contribution in [0.2, 0.25) is 0 Å². The summed E-state index contributed by atoms with van der Waals surface area (Å²) in [7, 11) is 0. The largest absolute Gasteiger partial charge is 0.454 e. The molecule has 0 aliphatic carbocycles. The van der Waals surface area contributed by atoms with Gasteiger partial charge in [-0.1, -0.05) is 91.0 Å². The number of hydrogen-bond acceptors (Lipinski definition) is 2. The van der Waals surface area contributed by atoms with Crippen molar-refractivity contribution in [2.45, 2.75) is 0 Å². The number of aromatic amines is 1. The Morgan fingerprint density at radius 1 is 0.488 bits per heavy atom. The summed E-state index contributed by atoms with van der Waals surface area (Å²) in [5.74, 6) is 0. The first-order valence-corrected chi connectivity index (χ1v) is 13.9. The van der Waals surface area contributed by atoms with Crippen molar-refractivity contribution in [3.05, 3.63) is 152 Å². The van der Waals surface area contributed by atoms with E-state index in [0.717, 1.165) is 50.3 Å². The predicted molar refractivity (Wildman–Crippen MR) is 171 cm³/mol. The van der Waals surface area contributed by atoms with Crippen molar-refractivity contribution in [1.82, 2.24) is 4.98 Å². The lowest BCUT2D eigenvalue weighted by Crippen LogP contribution is -2.09. The van der Waals surface area contributed by atoms with E-state index in [1.165, 1.54) is 21.9 Å². The van der Waals surface area contributed by atoms with Crippen molar-refractivity contribution in [3.8, 4) is 22.3 Å². The number of anilines is 3. The van der Waals surface area contributed by atoms with Crippen LogP contribution in [0.4, 0.5) is 17.1 Å². The summed E-state index contributed by atoms with van der Waals surface area (Å²) in [5.41, 5.74) is 10.7. The molecule has 0 radical (unpaired) electrons. The molecule has 41 heavy (non-hydrogen) atoms. The van der Waals surface area contributed by atoms with Crippen molar-refractivity contribution in [1.29, 1.82) is 0 Å². The van der Waals surface area contributed by atoms with Crippen molar-refractivity contribution in [2.75, 3.05) is 4.90 Å². The zero-order chi connectivity index (χ0) is 27.2. The van der Waals surface area contributed by atoms with Crippen LogP contribution in [0.3, 0.4) is 0 Å². The zero-order valence-electron chi connectivity index (χ0n) is 22.3. The number of H-pyrrole nitrogens is 1. The van der Waals surface area contributed by atoms with E-state index in [1.54, 1.807) is 0 Å². The third-order valence-electron chi connectivity index (χ3n) is 7.86. The topological polar surface area (TPSA) is 32.2 Å². The average Bonchev–Trinajstić information content (AvgIpc) is 3.62. The monoisotopic (exact) mass is 526 g/mol. The summed E-state index contributed by atoms with van der Waals surface area (Å²) in [4.78, 5) is 5.72. The number of nitrogens with one attached hydrogen (secondary N) is 1. The fourth-order valence-electron chi connectivity index (χ4n) is 5.79. The molecule has 0 fully saturated rings. The van der Waals surface area contributed by atoms with Crippen molar-refractivity contribution in [3.63, 3.8) is 0 Å². The maximum atomic E-state index is 6.22. The average molecular weight is 527 g/mol. The zero-order valence-corrected chi connectivity index (χ0v) is 22.3. The van der Waals surface area contributed by atoms with Gasteiger partial charge in [-0.3, -0.25) is 0 Å². The lowest BCUT2D eigenvalue weighted by atomic mass is 10.0. The van der Waals surface area contributed by atoms with Crippen LogP contribution in [0.25, 0.3) is 55.1 Å². The molecule has 0 saturated carbocycles. The molecule has 0 unspecified atom stereocenters. The van der Waals surface area contributed by atoms with Crippen LogP contribution < -0.4 is 4.90 Å². The van der Waals surface area contributed by atoms with E-state index < -0.39 is 0 Å². The number of fused-ring (bicyclic) bond motifs is 4. The van der Waals surface area contributed by atoms with Gasteiger partial charge in [-0.05, 0) is 82.1 Å². The van der Waals surface area contributed by atoms with E-state index >= 15 is 0 Å². The fourth-order valence-corrected chi connectivity index (χ4v) is 5.79. The van der Waals surface area contributed by atoms with Crippen molar-refractivity contribution >= 4 is 49.9 Å². The number of hydrogen-bond donors (Lipinski definition) is 1. The van der Waals surface area contributed by atoms with E-state index in [0.29, 0.717) is 0 Å². The van der Waals surface area contributed by atoms with Crippen LogP contribution in [0.15, 0.2) is 156 Å². The molecule has 0 aliphatic rings. The minimum Gasteiger partial charge on any atom is -0.454 e. The minimum absolute atomic E-state index is 0.892. The molecular formula is C38H26N2O. The summed E-state index contributed by atoms with van der Waals surface area (Å²) in [6.07, 6.45) is 2.04. The molecule has 1 N–H and O–H groups in total. The number of para-hydroxylation sites is 2. The van der Waals surface area contributed by atoms with Gasteiger partial charge in [0.1, 0.15) is 5.58 Å². The molecule has 2 heterocycles. The number of aromatic nitrogens is 1. The van der Waals surface area contributed by atoms with Crippen molar-refractivity contribution < 1.29 is 4.42 Å². The van der Waals surface area contributed by atoms with E-state index in [4.69, 9.17) is 4.42 Å². The van der Waals surface area contributed by atoms with Crippen LogP contribution in [-0.2, 0) is 0 Å². The van der Waals surface area contributed by atoms with Gasteiger partial charge in [0.05, 0.1) is 5.52 Å². The third-order valence-corrected chi connectivity index (χ3v) is 7.86. The number of nitrogens with zero attached hydrogens (tertiary/aromatic N) is 1. The summed E-state index contributed by atoms with van der Waals surface area (Å²) in [6, 6.07) is 51.3. The van der Waals surface area contributed by atoms with E-state index in [-0.39, 0.29) is 0 Å². The standard InChI is InChI=1S/C38H26N2O/c1-2-10-31(11-3-1)40(32-20-16-27(17-21-32)30-15-14-26-8-4-5-9-29(26)24-30)33-22-18-28(19-23-33)35-25-39-37-34-12-6-7-13-36(34)41-38(35)37/h1-25,39H. The molecule has 0 bridgehead atoms. The quantitative estimate of drug-likeness (QED) is 0.242. The molecule has 8 aromatic rings. The van der Waals surface area contributed by atoms with Gasteiger partial charge in [0, 0.05) is 34.2 Å². The maximum absolute atomic E-state index is 6.22. The Kier molecular flexibility index (Phi) is 5.46. The first kappa shape index (κ1) is 23.4. The molecule has 194 valence electrons. The Hall–Kier alpha value is -5.54. The maximum Gasteiger partial charge on any atom is 0.160 e. The van der Waals surface area contributed by atoms with Gasteiger partial charge in [-0.2, -0.15) is 0 Å². The lowest BCUT2D eigenvalue weighted by Gasteiger charge is -2.26. The van der Waals surface area contributed by atoms with Gasteiger partial charge in [0.2, 0.25) is 0 Å². The lowest BCUT2D eigenvalue weighted by molar-refractivity contribution is 0.670. The highest BCUT2D eigenvalue weighted by Crippen LogP contribution is 2.39. The Labute approximate surface area is 237 Å².